The lowest BCUT2D eigenvalue weighted by atomic mass is 10.1. The molecule has 0 aliphatic rings. The quantitative estimate of drug-likeness (QED) is 0.540. The highest BCUT2D eigenvalue weighted by molar-refractivity contribution is 6.07. The Morgan fingerprint density at radius 3 is 2.37 bits per heavy atom. The molecule has 6 nitrogen and oxygen atoms in total. The number of methoxy groups -OCH3 is 1. The van der Waals surface area contributed by atoms with E-state index < -0.39 is 0 Å². The summed E-state index contributed by atoms with van der Waals surface area (Å²) in [6.07, 6.45) is 6.47. The van der Waals surface area contributed by atoms with Gasteiger partial charge >= 0.3 is 0 Å². The summed E-state index contributed by atoms with van der Waals surface area (Å²) < 4.78 is 6.77. The predicted molar refractivity (Wildman–Crippen MR) is 104 cm³/mol. The van der Waals surface area contributed by atoms with Crippen molar-refractivity contribution >= 4 is 23.5 Å². The minimum absolute atomic E-state index is 0.167. The number of hydrogen-bond acceptors (Lipinski definition) is 4. The zero-order valence-corrected chi connectivity index (χ0v) is 15.0. The molecule has 0 aliphatic carbocycles. The van der Waals surface area contributed by atoms with E-state index in [1.807, 2.05) is 24.3 Å². The van der Waals surface area contributed by atoms with Crippen molar-refractivity contribution in [3.8, 4) is 5.75 Å². The lowest BCUT2D eigenvalue weighted by Gasteiger charge is -2.05. The second-order valence-electron chi connectivity index (χ2n) is 5.86. The normalized spacial score (nSPS) is 10.7. The Morgan fingerprint density at radius 1 is 1.07 bits per heavy atom. The maximum absolute atomic E-state index is 12.4. The van der Waals surface area contributed by atoms with Crippen molar-refractivity contribution in [2.45, 2.75) is 0 Å². The highest BCUT2D eigenvalue weighted by atomic mass is 16.5. The van der Waals surface area contributed by atoms with E-state index in [-0.39, 0.29) is 11.7 Å². The molecule has 1 amide bonds. The van der Waals surface area contributed by atoms with Crippen LogP contribution < -0.4 is 10.1 Å². The minimum Gasteiger partial charge on any atom is -0.497 e. The number of nitrogens with one attached hydrogen (secondary N) is 1. The van der Waals surface area contributed by atoms with Crippen LogP contribution in [0.4, 0.5) is 5.69 Å². The molecule has 1 N–H and O–H groups in total. The summed E-state index contributed by atoms with van der Waals surface area (Å²) >= 11 is 0. The molecular weight excluding hydrogens is 342 g/mol. The molecule has 0 unspecified atom stereocenters. The average molecular weight is 361 g/mol. The van der Waals surface area contributed by atoms with Crippen molar-refractivity contribution < 1.29 is 14.3 Å². The smallest absolute Gasteiger partial charge is 0.248 e. The Hall–Kier alpha value is -3.67. The third-order valence-corrected chi connectivity index (χ3v) is 3.98. The van der Waals surface area contributed by atoms with Gasteiger partial charge in [0.15, 0.2) is 5.82 Å². The number of benzene rings is 2. The topological polar surface area (TPSA) is 73.2 Å². The molecule has 0 atom stereocenters. The molecule has 0 fully saturated rings. The fourth-order valence-electron chi connectivity index (χ4n) is 2.49. The maximum Gasteiger partial charge on any atom is 0.248 e. The molecular formula is C21H19N3O3. The van der Waals surface area contributed by atoms with Crippen LogP contribution in [0.1, 0.15) is 21.7 Å². The van der Waals surface area contributed by atoms with Gasteiger partial charge in [0.2, 0.25) is 11.7 Å². The highest BCUT2D eigenvalue weighted by Gasteiger charge is 2.13. The van der Waals surface area contributed by atoms with Gasteiger partial charge in [0.1, 0.15) is 5.75 Å². The van der Waals surface area contributed by atoms with Gasteiger partial charge in [-0.3, -0.25) is 9.59 Å². The van der Waals surface area contributed by atoms with Crippen LogP contribution in [-0.4, -0.2) is 28.4 Å². The zero-order valence-electron chi connectivity index (χ0n) is 15.0. The summed E-state index contributed by atoms with van der Waals surface area (Å²) in [5.41, 5.74) is 2.01. The van der Waals surface area contributed by atoms with E-state index in [2.05, 4.69) is 10.3 Å². The Balaban J connectivity index is 1.62. The number of ketones is 1. The number of carbonyl (C=O) groups is 2. The number of carbonyl (C=O) groups excluding carboxylic acids is 2. The second kappa shape index (κ2) is 8.14. The number of ether oxygens (including phenoxy) is 1. The maximum atomic E-state index is 12.4. The van der Waals surface area contributed by atoms with E-state index >= 15 is 0 Å². The van der Waals surface area contributed by atoms with Gasteiger partial charge in [-0.25, -0.2) is 4.98 Å². The monoisotopic (exact) mass is 361 g/mol. The van der Waals surface area contributed by atoms with Crippen molar-refractivity contribution in [2.75, 3.05) is 12.4 Å². The van der Waals surface area contributed by atoms with Gasteiger partial charge < -0.3 is 14.6 Å². The van der Waals surface area contributed by atoms with Crippen molar-refractivity contribution in [3.05, 3.63) is 84.0 Å². The van der Waals surface area contributed by atoms with Crippen LogP contribution in [0.5, 0.6) is 5.75 Å². The van der Waals surface area contributed by atoms with Gasteiger partial charge in [0, 0.05) is 36.8 Å². The SMILES string of the molecule is COc1ccc(C=CC(=O)Nc2ccc(C(=O)c3nccn3C)cc2)cc1. The molecule has 2 aromatic carbocycles. The van der Waals surface area contributed by atoms with Crippen LogP contribution in [0.3, 0.4) is 0 Å². The molecule has 0 bridgehead atoms. The standard InChI is InChI=1S/C21H19N3O3/c1-24-14-13-22-21(24)20(26)16-6-8-17(9-7-16)23-19(25)12-5-15-3-10-18(27-2)11-4-15/h3-14H,1-2H3,(H,23,25). The number of rotatable bonds is 6. The summed E-state index contributed by atoms with van der Waals surface area (Å²) in [6.45, 7) is 0. The molecule has 0 spiro atoms. The number of anilines is 1. The third-order valence-electron chi connectivity index (χ3n) is 3.98. The first-order chi connectivity index (χ1) is 13.1. The fraction of sp³-hybridized carbons (Fsp3) is 0.0952. The lowest BCUT2D eigenvalue weighted by molar-refractivity contribution is -0.111. The number of amides is 1. The Bertz CT molecular complexity index is 971. The molecule has 1 heterocycles. The minimum atomic E-state index is -0.256. The fourth-order valence-corrected chi connectivity index (χ4v) is 2.49. The summed E-state index contributed by atoms with van der Waals surface area (Å²) in [5, 5.41) is 2.76. The van der Waals surface area contributed by atoms with Crippen LogP contribution in [-0.2, 0) is 11.8 Å². The largest absolute Gasteiger partial charge is 0.497 e. The molecule has 6 heteroatoms. The van der Waals surface area contributed by atoms with Crippen LogP contribution in [0, 0.1) is 0 Å². The number of nitrogens with zero attached hydrogens (tertiary/aromatic N) is 2. The van der Waals surface area contributed by atoms with Crippen molar-refractivity contribution in [1.29, 1.82) is 0 Å². The van der Waals surface area contributed by atoms with Crippen LogP contribution in [0.25, 0.3) is 6.08 Å². The number of hydrogen-bond donors (Lipinski definition) is 1. The molecule has 1 aromatic heterocycles. The number of imidazole rings is 1. The average Bonchev–Trinajstić information content (AvgIpc) is 3.12. The summed E-state index contributed by atoms with van der Waals surface area (Å²) in [4.78, 5) is 28.5. The molecule has 0 aliphatic heterocycles. The van der Waals surface area contributed by atoms with E-state index in [0.717, 1.165) is 11.3 Å². The summed E-state index contributed by atoms with van der Waals surface area (Å²) in [7, 11) is 3.37. The van der Waals surface area contributed by atoms with Gasteiger partial charge in [-0.2, -0.15) is 0 Å². The molecule has 136 valence electrons. The van der Waals surface area contributed by atoms with Gasteiger partial charge in [-0.15, -0.1) is 0 Å². The van der Waals surface area contributed by atoms with Crippen molar-refractivity contribution in [2.24, 2.45) is 7.05 Å². The van der Waals surface area contributed by atoms with Gasteiger partial charge in [-0.1, -0.05) is 12.1 Å². The number of aromatic nitrogens is 2. The Kier molecular flexibility index (Phi) is 5.47. The van der Waals surface area contributed by atoms with Crippen molar-refractivity contribution in [1.82, 2.24) is 9.55 Å². The second-order valence-corrected chi connectivity index (χ2v) is 5.86. The zero-order chi connectivity index (χ0) is 19.2. The van der Waals surface area contributed by atoms with Crippen molar-refractivity contribution in [3.63, 3.8) is 0 Å². The number of aryl methyl sites for hydroxylation is 1. The Labute approximate surface area is 157 Å². The van der Waals surface area contributed by atoms with Gasteiger partial charge in [0.25, 0.3) is 0 Å². The lowest BCUT2D eigenvalue weighted by Crippen LogP contribution is -2.10. The van der Waals surface area contributed by atoms with Gasteiger partial charge in [0.05, 0.1) is 7.11 Å². The first-order valence-corrected chi connectivity index (χ1v) is 8.32. The molecule has 3 aromatic rings. The van der Waals surface area contributed by atoms with Crippen LogP contribution in [0.2, 0.25) is 0 Å². The van der Waals surface area contributed by atoms with Crippen LogP contribution in [0.15, 0.2) is 67.0 Å². The molecule has 0 radical (unpaired) electrons. The van der Waals surface area contributed by atoms with E-state index in [9.17, 15) is 9.59 Å². The molecule has 0 saturated heterocycles. The van der Waals surface area contributed by atoms with E-state index in [1.165, 1.54) is 6.08 Å². The first kappa shape index (κ1) is 18.1. The predicted octanol–water partition coefficient (Wildman–Crippen LogP) is 3.31. The van der Waals surface area contributed by atoms with E-state index in [4.69, 9.17) is 4.74 Å². The third kappa shape index (κ3) is 4.49. The Morgan fingerprint density at radius 2 is 1.78 bits per heavy atom. The van der Waals surface area contributed by atoms with Gasteiger partial charge in [-0.05, 0) is 48.0 Å². The van der Waals surface area contributed by atoms with E-state index in [0.29, 0.717) is 17.1 Å². The molecule has 27 heavy (non-hydrogen) atoms. The van der Waals surface area contributed by atoms with Crippen LogP contribution >= 0.6 is 0 Å². The highest BCUT2D eigenvalue weighted by Crippen LogP contribution is 2.14. The summed E-state index contributed by atoms with van der Waals surface area (Å²) in [6, 6.07) is 14.1. The summed E-state index contributed by atoms with van der Waals surface area (Å²) in [5.74, 6) is 0.708. The molecule has 0 saturated carbocycles. The first-order valence-electron chi connectivity index (χ1n) is 8.32. The molecule has 3 rings (SSSR count). The van der Waals surface area contributed by atoms with E-state index in [1.54, 1.807) is 61.5 Å².